The van der Waals surface area contributed by atoms with Crippen LogP contribution in [0.3, 0.4) is 0 Å². The summed E-state index contributed by atoms with van der Waals surface area (Å²) in [6.45, 7) is 0.479. The summed E-state index contributed by atoms with van der Waals surface area (Å²) in [6.07, 6.45) is 3.30. The smallest absolute Gasteiger partial charge is 0.340 e. The Balaban J connectivity index is 1.59. The molecule has 2 aliphatic heterocycles. The molecule has 9 nitrogen and oxygen atoms in total. The van der Waals surface area contributed by atoms with Gasteiger partial charge in [0.2, 0.25) is 0 Å². The van der Waals surface area contributed by atoms with Crippen LogP contribution in [0.25, 0.3) is 0 Å². The number of hydrogen-bond donors (Lipinski definition) is 0. The number of carbonyl (C=O) groups excluding carboxylic acids is 1. The summed E-state index contributed by atoms with van der Waals surface area (Å²) in [4.78, 5) is 24.6. The van der Waals surface area contributed by atoms with Gasteiger partial charge in [0.05, 0.1) is 21.2 Å². The highest BCUT2D eigenvalue weighted by molar-refractivity contribution is 7.90. The van der Waals surface area contributed by atoms with E-state index in [4.69, 9.17) is 16.3 Å². The molecule has 0 saturated carbocycles. The molecule has 0 radical (unpaired) electrons. The number of sulfonamides is 1. The van der Waals surface area contributed by atoms with E-state index in [1.54, 1.807) is 0 Å². The van der Waals surface area contributed by atoms with Crippen LogP contribution in [0.2, 0.25) is 5.02 Å². The largest absolute Gasteiger partial charge is 0.457 e. The molecule has 0 bridgehead atoms. The van der Waals surface area contributed by atoms with Crippen molar-refractivity contribution >= 4 is 44.8 Å². The average molecular weight is 464 g/mol. The quantitative estimate of drug-likeness (QED) is 0.380. The number of anilines is 1. The molecule has 2 heterocycles. The number of ether oxygens (including phenoxy) is 1. The molecule has 0 unspecified atom stereocenters. The van der Waals surface area contributed by atoms with Crippen LogP contribution in [0.1, 0.15) is 41.6 Å². The first-order valence-corrected chi connectivity index (χ1v) is 11.4. The number of hydrogen-bond acceptors (Lipinski definition) is 7. The van der Waals surface area contributed by atoms with Crippen LogP contribution >= 0.6 is 11.6 Å². The van der Waals surface area contributed by atoms with Crippen LogP contribution in [0, 0.1) is 10.1 Å². The Labute approximate surface area is 183 Å². The number of amidine groups is 1. The van der Waals surface area contributed by atoms with Gasteiger partial charge in [0.1, 0.15) is 17.3 Å². The molecule has 11 heteroatoms. The zero-order chi connectivity index (χ0) is 22.2. The topological polar surface area (TPSA) is 119 Å². The number of benzene rings is 2. The van der Waals surface area contributed by atoms with E-state index in [-0.39, 0.29) is 27.8 Å². The van der Waals surface area contributed by atoms with Crippen molar-refractivity contribution in [3.8, 4) is 0 Å². The van der Waals surface area contributed by atoms with Crippen molar-refractivity contribution < 1.29 is 22.9 Å². The fourth-order valence-corrected chi connectivity index (χ4v) is 5.09. The molecule has 0 aromatic heterocycles. The highest BCUT2D eigenvalue weighted by atomic mass is 35.5. The highest BCUT2D eigenvalue weighted by Crippen LogP contribution is 2.38. The van der Waals surface area contributed by atoms with Crippen molar-refractivity contribution in [3.63, 3.8) is 0 Å². The first kappa shape index (κ1) is 21.3. The van der Waals surface area contributed by atoms with Gasteiger partial charge in [0, 0.05) is 25.1 Å². The summed E-state index contributed by atoms with van der Waals surface area (Å²) in [5, 5.41) is 10.8. The van der Waals surface area contributed by atoms with Crippen LogP contribution in [0.15, 0.2) is 45.7 Å². The van der Waals surface area contributed by atoms with Gasteiger partial charge in [-0.25, -0.2) is 4.79 Å². The number of halogens is 1. The predicted octanol–water partition coefficient (Wildman–Crippen LogP) is 4.09. The number of esters is 1. The lowest BCUT2D eigenvalue weighted by Crippen LogP contribution is -2.35. The zero-order valence-corrected chi connectivity index (χ0v) is 17.9. The Bertz CT molecular complexity index is 1190. The molecule has 2 aromatic rings. The van der Waals surface area contributed by atoms with Gasteiger partial charge in [-0.15, -0.1) is 4.40 Å². The van der Waals surface area contributed by atoms with E-state index in [0.717, 1.165) is 19.3 Å². The predicted molar refractivity (Wildman–Crippen MR) is 114 cm³/mol. The van der Waals surface area contributed by atoms with Crippen molar-refractivity contribution in [2.45, 2.75) is 37.2 Å². The lowest BCUT2D eigenvalue weighted by molar-refractivity contribution is -0.384. The fraction of sp³-hybridized carbons (Fsp3) is 0.300. The molecule has 31 heavy (non-hydrogen) atoms. The second-order valence-electron chi connectivity index (χ2n) is 7.24. The molecular weight excluding hydrogens is 446 g/mol. The summed E-state index contributed by atoms with van der Waals surface area (Å²) in [7, 11) is -3.97. The van der Waals surface area contributed by atoms with Crippen LogP contribution in [-0.2, 0) is 21.4 Å². The SMILES string of the molecule is O=C(OCc1ccc([N+](=O)[O-])cc1)c1cc2c(cc1Cl)N1CCCCCC1=NS2(=O)=O. The van der Waals surface area contributed by atoms with E-state index >= 15 is 0 Å². The summed E-state index contributed by atoms with van der Waals surface area (Å²) >= 11 is 6.32. The van der Waals surface area contributed by atoms with Crippen molar-refractivity contribution in [1.82, 2.24) is 0 Å². The highest BCUT2D eigenvalue weighted by Gasteiger charge is 2.33. The van der Waals surface area contributed by atoms with Crippen molar-refractivity contribution in [2.75, 3.05) is 11.4 Å². The van der Waals surface area contributed by atoms with Crippen LogP contribution in [-0.4, -0.2) is 31.7 Å². The Morgan fingerprint density at radius 1 is 1.19 bits per heavy atom. The van der Waals surface area contributed by atoms with Gasteiger partial charge in [-0.2, -0.15) is 8.42 Å². The van der Waals surface area contributed by atoms with Crippen molar-refractivity contribution in [2.24, 2.45) is 4.40 Å². The summed E-state index contributed by atoms with van der Waals surface area (Å²) in [5.41, 5.74) is 0.800. The summed E-state index contributed by atoms with van der Waals surface area (Å²) in [5.74, 6) is -0.304. The third-order valence-corrected chi connectivity index (χ3v) is 6.82. The summed E-state index contributed by atoms with van der Waals surface area (Å²) < 4.78 is 34.6. The molecule has 1 fully saturated rings. The molecule has 2 aliphatic rings. The second kappa shape index (κ2) is 8.27. The standard InChI is InChI=1S/C20H18ClN3O6S/c21-16-11-17-18(31(28,29)22-19-4-2-1-3-9-23(17)19)10-15(16)20(25)30-12-13-5-7-14(8-6-13)24(26)27/h5-8,10-11H,1-4,9,12H2. The molecule has 2 aromatic carbocycles. The van der Waals surface area contributed by atoms with Crippen LogP contribution < -0.4 is 4.90 Å². The Kier molecular flexibility index (Phi) is 5.67. The summed E-state index contributed by atoms with van der Waals surface area (Å²) in [6, 6.07) is 8.23. The molecule has 0 spiro atoms. The maximum atomic E-state index is 12.7. The van der Waals surface area contributed by atoms with Gasteiger partial charge in [0.25, 0.3) is 15.7 Å². The number of non-ortho nitro benzene ring substituents is 1. The zero-order valence-electron chi connectivity index (χ0n) is 16.3. The van der Waals surface area contributed by atoms with E-state index in [2.05, 4.69) is 4.40 Å². The van der Waals surface area contributed by atoms with E-state index in [1.165, 1.54) is 36.4 Å². The maximum absolute atomic E-state index is 12.7. The van der Waals surface area contributed by atoms with Gasteiger partial charge >= 0.3 is 5.97 Å². The molecule has 0 amide bonds. The Morgan fingerprint density at radius 3 is 2.65 bits per heavy atom. The number of fused-ring (bicyclic) bond motifs is 3. The molecule has 0 N–H and O–H groups in total. The minimum Gasteiger partial charge on any atom is -0.457 e. The van der Waals surface area contributed by atoms with E-state index in [0.29, 0.717) is 30.1 Å². The van der Waals surface area contributed by atoms with E-state index in [1.807, 2.05) is 4.90 Å². The van der Waals surface area contributed by atoms with Gasteiger partial charge in [-0.3, -0.25) is 10.1 Å². The molecule has 0 atom stereocenters. The molecule has 1 saturated heterocycles. The lowest BCUT2D eigenvalue weighted by atomic mass is 10.1. The number of nitro groups is 1. The van der Waals surface area contributed by atoms with Crippen LogP contribution in [0.4, 0.5) is 11.4 Å². The van der Waals surface area contributed by atoms with Gasteiger partial charge in [0.15, 0.2) is 0 Å². The number of carbonyl (C=O) groups is 1. The fourth-order valence-electron chi connectivity index (χ4n) is 3.59. The lowest BCUT2D eigenvalue weighted by Gasteiger charge is -2.30. The number of rotatable bonds is 4. The van der Waals surface area contributed by atoms with Gasteiger partial charge < -0.3 is 9.64 Å². The van der Waals surface area contributed by atoms with Crippen molar-refractivity contribution in [3.05, 3.63) is 62.7 Å². The van der Waals surface area contributed by atoms with E-state index in [9.17, 15) is 23.3 Å². The monoisotopic (exact) mass is 463 g/mol. The molecular formula is C20H18ClN3O6S. The minimum atomic E-state index is -3.97. The molecule has 4 rings (SSSR count). The molecule has 0 aliphatic carbocycles. The maximum Gasteiger partial charge on any atom is 0.340 e. The minimum absolute atomic E-state index is 0.0770. The molecule has 162 valence electrons. The second-order valence-corrected chi connectivity index (χ2v) is 9.22. The van der Waals surface area contributed by atoms with Gasteiger partial charge in [-0.05, 0) is 42.7 Å². The van der Waals surface area contributed by atoms with E-state index < -0.39 is 20.9 Å². The Hall–Kier alpha value is -2.98. The third kappa shape index (κ3) is 4.26. The van der Waals surface area contributed by atoms with Crippen LogP contribution in [0.5, 0.6) is 0 Å². The first-order chi connectivity index (χ1) is 14.8. The third-order valence-electron chi connectivity index (χ3n) is 5.17. The number of nitrogens with zero attached hydrogens (tertiary/aromatic N) is 3. The average Bonchev–Trinajstić information content (AvgIpc) is 2.96. The van der Waals surface area contributed by atoms with Gasteiger partial charge in [-0.1, -0.05) is 18.0 Å². The normalized spacial score (nSPS) is 17.1. The van der Waals surface area contributed by atoms with Crippen molar-refractivity contribution in [1.29, 1.82) is 0 Å². The first-order valence-electron chi connectivity index (χ1n) is 9.61. The number of nitro benzene ring substituents is 1. The Morgan fingerprint density at radius 2 is 1.94 bits per heavy atom.